The number of nitrogens with zero attached hydrogens (tertiary/aromatic N) is 1. The summed E-state index contributed by atoms with van der Waals surface area (Å²) in [5.74, 6) is 0.634. The molecule has 0 saturated carbocycles. The molecule has 0 saturated heterocycles. The van der Waals surface area contributed by atoms with Gasteiger partial charge in [-0.3, -0.25) is 4.99 Å². The van der Waals surface area contributed by atoms with Gasteiger partial charge in [-0.2, -0.15) is 0 Å². The molecule has 0 spiro atoms. The highest BCUT2D eigenvalue weighted by Crippen LogP contribution is 2.05. The summed E-state index contributed by atoms with van der Waals surface area (Å²) in [5.41, 5.74) is 1.12. The van der Waals surface area contributed by atoms with Gasteiger partial charge in [-0.25, -0.2) is 0 Å². The molecule has 0 aliphatic carbocycles. The normalized spacial score (nSPS) is 16.4. The van der Waals surface area contributed by atoms with Crippen LogP contribution in [0.2, 0.25) is 0 Å². The van der Waals surface area contributed by atoms with E-state index in [2.05, 4.69) is 25.8 Å². The fourth-order valence-corrected chi connectivity index (χ4v) is 0.755. The zero-order chi connectivity index (χ0) is 8.85. The van der Waals surface area contributed by atoms with Crippen LogP contribution in [0.4, 0.5) is 0 Å². The number of aliphatic imine (C=N–C) groups is 1. The van der Waals surface area contributed by atoms with Crippen molar-refractivity contribution in [2.75, 3.05) is 0 Å². The average molecular weight is 153 g/mol. The van der Waals surface area contributed by atoms with E-state index in [1.165, 1.54) is 0 Å². The molecule has 0 aliphatic heterocycles. The largest absolute Gasteiger partial charge is 0.287 e. The third-order valence-electron chi connectivity index (χ3n) is 1.78. The molecule has 0 aromatic heterocycles. The lowest BCUT2D eigenvalue weighted by Gasteiger charge is -2.10. The van der Waals surface area contributed by atoms with E-state index >= 15 is 0 Å². The Bertz CT molecular complexity index is 154. The molecular formula is C10H19N. The average Bonchev–Trinajstić information content (AvgIpc) is 1.87. The maximum absolute atomic E-state index is 4.50. The Labute approximate surface area is 70.2 Å². The molecular weight excluding hydrogens is 134 g/mol. The summed E-state index contributed by atoms with van der Waals surface area (Å²) in [4.78, 5) is 4.50. The Morgan fingerprint density at radius 1 is 1.27 bits per heavy atom. The fourth-order valence-electron chi connectivity index (χ4n) is 0.755. The molecule has 64 valence electrons. The predicted molar refractivity (Wildman–Crippen MR) is 52.2 cm³/mol. The molecule has 0 N–H and O–H groups in total. The Morgan fingerprint density at radius 2 is 1.82 bits per heavy atom. The molecule has 0 radical (unpaired) electrons. The zero-order valence-electron chi connectivity index (χ0n) is 8.26. The zero-order valence-corrected chi connectivity index (χ0v) is 8.26. The highest BCUT2D eigenvalue weighted by molar-refractivity contribution is 5.92. The van der Waals surface area contributed by atoms with Crippen molar-refractivity contribution in [3.05, 3.63) is 12.2 Å². The van der Waals surface area contributed by atoms with Crippen LogP contribution in [0.5, 0.6) is 0 Å². The van der Waals surface area contributed by atoms with Gasteiger partial charge in [-0.15, -0.1) is 0 Å². The molecule has 0 rings (SSSR count). The van der Waals surface area contributed by atoms with Gasteiger partial charge in [-0.05, 0) is 32.8 Å². The van der Waals surface area contributed by atoms with Crippen LogP contribution >= 0.6 is 0 Å². The van der Waals surface area contributed by atoms with Crippen molar-refractivity contribution in [3.8, 4) is 0 Å². The van der Waals surface area contributed by atoms with E-state index < -0.39 is 0 Å². The van der Waals surface area contributed by atoms with Crippen LogP contribution in [0.1, 0.15) is 34.6 Å². The topological polar surface area (TPSA) is 12.4 Å². The minimum absolute atomic E-state index is 0.436. The summed E-state index contributed by atoms with van der Waals surface area (Å²) in [6.45, 7) is 10.6. The quantitative estimate of drug-likeness (QED) is 0.552. The molecule has 0 aromatic carbocycles. The lowest BCUT2D eigenvalue weighted by molar-refractivity contribution is 0.531. The van der Waals surface area contributed by atoms with Gasteiger partial charge in [0.1, 0.15) is 0 Å². The van der Waals surface area contributed by atoms with Crippen LogP contribution in [0.15, 0.2) is 17.1 Å². The highest BCUT2D eigenvalue weighted by Gasteiger charge is 2.03. The Kier molecular flexibility index (Phi) is 4.84. The summed E-state index contributed by atoms with van der Waals surface area (Å²) < 4.78 is 0. The first kappa shape index (κ1) is 10.4. The lowest BCUT2D eigenvalue weighted by atomic mass is 10.1. The minimum atomic E-state index is 0.436. The highest BCUT2D eigenvalue weighted by atomic mass is 14.8. The number of allylic oxidation sites excluding steroid dienone is 2. The summed E-state index contributed by atoms with van der Waals surface area (Å²) in [6, 6.07) is 0.436. The molecule has 0 aliphatic rings. The van der Waals surface area contributed by atoms with Crippen molar-refractivity contribution in [1.82, 2.24) is 0 Å². The van der Waals surface area contributed by atoms with Crippen molar-refractivity contribution in [3.63, 3.8) is 0 Å². The number of hydrogen-bond acceptors (Lipinski definition) is 1. The monoisotopic (exact) mass is 153 g/mol. The first-order valence-electron chi connectivity index (χ1n) is 4.25. The second kappa shape index (κ2) is 5.11. The maximum Gasteiger partial charge on any atom is 0.0497 e. The van der Waals surface area contributed by atoms with Gasteiger partial charge in [0, 0.05) is 11.8 Å². The minimum Gasteiger partial charge on any atom is -0.287 e. The molecule has 1 nitrogen and oxygen atoms in total. The molecule has 1 heteroatoms. The van der Waals surface area contributed by atoms with E-state index in [0.717, 1.165) is 5.71 Å². The third-order valence-corrected chi connectivity index (χ3v) is 1.78. The van der Waals surface area contributed by atoms with E-state index in [0.29, 0.717) is 12.0 Å². The third kappa shape index (κ3) is 4.77. The van der Waals surface area contributed by atoms with Crippen molar-refractivity contribution < 1.29 is 0 Å². The van der Waals surface area contributed by atoms with E-state index in [1.807, 2.05) is 26.0 Å². The second-order valence-electron chi connectivity index (χ2n) is 3.26. The lowest BCUT2D eigenvalue weighted by Crippen LogP contribution is -2.09. The molecule has 0 heterocycles. The van der Waals surface area contributed by atoms with Crippen LogP contribution in [-0.2, 0) is 0 Å². The first-order valence-corrected chi connectivity index (χ1v) is 4.25. The standard InChI is InChI=1S/C10H19N/c1-6-7-9(4)11-10(5)8(2)3/h6-8,10H,1-5H3/b7-6-,11-9?. The number of rotatable bonds is 3. The van der Waals surface area contributed by atoms with Crippen molar-refractivity contribution in [2.24, 2.45) is 10.9 Å². The molecule has 0 fully saturated rings. The van der Waals surface area contributed by atoms with E-state index in [9.17, 15) is 0 Å². The number of hydrogen-bond donors (Lipinski definition) is 0. The van der Waals surface area contributed by atoms with Crippen LogP contribution in [0.25, 0.3) is 0 Å². The second-order valence-corrected chi connectivity index (χ2v) is 3.26. The van der Waals surface area contributed by atoms with Gasteiger partial charge in [0.05, 0.1) is 0 Å². The molecule has 0 amide bonds. The summed E-state index contributed by atoms with van der Waals surface area (Å²) >= 11 is 0. The summed E-state index contributed by atoms with van der Waals surface area (Å²) in [5, 5.41) is 0. The van der Waals surface area contributed by atoms with Gasteiger partial charge in [-0.1, -0.05) is 19.9 Å². The van der Waals surface area contributed by atoms with Crippen LogP contribution in [-0.4, -0.2) is 11.8 Å². The smallest absolute Gasteiger partial charge is 0.0497 e. The van der Waals surface area contributed by atoms with Crippen molar-refractivity contribution in [2.45, 2.75) is 40.7 Å². The summed E-state index contributed by atoms with van der Waals surface area (Å²) in [7, 11) is 0. The van der Waals surface area contributed by atoms with E-state index in [4.69, 9.17) is 0 Å². The van der Waals surface area contributed by atoms with Gasteiger partial charge in [0.15, 0.2) is 0 Å². The van der Waals surface area contributed by atoms with Crippen LogP contribution < -0.4 is 0 Å². The molecule has 0 bridgehead atoms. The van der Waals surface area contributed by atoms with Crippen LogP contribution in [0.3, 0.4) is 0 Å². The van der Waals surface area contributed by atoms with Gasteiger partial charge >= 0.3 is 0 Å². The Hall–Kier alpha value is -0.590. The van der Waals surface area contributed by atoms with E-state index in [1.54, 1.807) is 0 Å². The predicted octanol–water partition coefficient (Wildman–Crippen LogP) is 3.07. The van der Waals surface area contributed by atoms with Gasteiger partial charge in [0.2, 0.25) is 0 Å². The Morgan fingerprint density at radius 3 is 2.18 bits per heavy atom. The first-order chi connectivity index (χ1) is 5.07. The summed E-state index contributed by atoms with van der Waals surface area (Å²) in [6.07, 6.45) is 4.06. The Balaban J connectivity index is 4.07. The van der Waals surface area contributed by atoms with Crippen LogP contribution in [0, 0.1) is 5.92 Å². The molecule has 0 aromatic rings. The SMILES string of the molecule is C/C=C\C(C)=NC(C)C(C)C. The maximum atomic E-state index is 4.50. The fraction of sp³-hybridized carbons (Fsp3) is 0.700. The van der Waals surface area contributed by atoms with E-state index in [-0.39, 0.29) is 0 Å². The van der Waals surface area contributed by atoms with Gasteiger partial charge in [0.25, 0.3) is 0 Å². The van der Waals surface area contributed by atoms with Gasteiger partial charge < -0.3 is 0 Å². The molecule has 1 atom stereocenters. The van der Waals surface area contributed by atoms with Crippen molar-refractivity contribution >= 4 is 5.71 Å². The van der Waals surface area contributed by atoms with Crippen molar-refractivity contribution in [1.29, 1.82) is 0 Å². The molecule has 11 heavy (non-hydrogen) atoms. The molecule has 1 unspecified atom stereocenters.